The number of hydrogen-bond donors (Lipinski definition) is 1. The highest BCUT2D eigenvalue weighted by atomic mass is 19.4. The molecule has 108 valence electrons. The highest BCUT2D eigenvalue weighted by molar-refractivity contribution is 5.42. The Bertz CT molecular complexity index is 613. The van der Waals surface area contributed by atoms with Gasteiger partial charge < -0.3 is 5.11 Å². The molecule has 0 spiro atoms. The van der Waals surface area contributed by atoms with Gasteiger partial charge in [0.25, 0.3) is 0 Å². The monoisotopic (exact) mass is 284 g/mol. The van der Waals surface area contributed by atoms with Crippen LogP contribution in [0.2, 0.25) is 0 Å². The second-order valence-electron chi connectivity index (χ2n) is 4.94. The maximum absolute atomic E-state index is 12.5. The van der Waals surface area contributed by atoms with E-state index >= 15 is 0 Å². The molecule has 2 rings (SSSR count). The van der Waals surface area contributed by atoms with Crippen LogP contribution in [0.1, 0.15) is 36.6 Å². The normalized spacial score (nSPS) is 12.2. The molecule has 0 fully saturated rings. The number of nitrogens with zero attached hydrogens (tertiary/aromatic N) is 2. The first kappa shape index (κ1) is 14.4. The summed E-state index contributed by atoms with van der Waals surface area (Å²) in [6, 6.07) is 4.53. The number of aromatic hydroxyl groups is 1. The average molecular weight is 284 g/mol. The second-order valence-corrected chi connectivity index (χ2v) is 4.94. The lowest BCUT2D eigenvalue weighted by molar-refractivity contribution is -0.137. The van der Waals surface area contributed by atoms with Gasteiger partial charge in [-0.3, -0.25) is 0 Å². The first-order valence-corrected chi connectivity index (χ1v) is 6.18. The van der Waals surface area contributed by atoms with Crippen molar-refractivity contribution in [3.8, 4) is 11.6 Å². The number of rotatable bonds is 2. The Morgan fingerprint density at radius 1 is 1.15 bits per heavy atom. The topological polar surface area (TPSA) is 38.0 Å². The Hall–Kier alpha value is -1.98. The van der Waals surface area contributed by atoms with E-state index in [0.717, 1.165) is 17.8 Å². The van der Waals surface area contributed by atoms with Crippen molar-refractivity contribution in [1.82, 2.24) is 9.78 Å². The molecule has 3 nitrogen and oxygen atoms in total. The molecule has 1 heterocycles. The highest BCUT2D eigenvalue weighted by Crippen LogP contribution is 2.32. The van der Waals surface area contributed by atoms with Gasteiger partial charge in [-0.25, -0.2) is 4.68 Å². The van der Waals surface area contributed by atoms with Gasteiger partial charge in [-0.05, 0) is 37.1 Å². The Balaban J connectivity index is 2.45. The van der Waals surface area contributed by atoms with Crippen LogP contribution in [0, 0.1) is 6.92 Å². The standard InChI is InChI=1S/C14H15F3N2O/c1-8(2)12-9(3)13(20)19(18-12)11-6-4-10(5-7-11)14(15,16)17/h4-8,20H,1-3H3. The second kappa shape index (κ2) is 4.85. The molecule has 0 unspecified atom stereocenters. The van der Waals surface area contributed by atoms with Gasteiger partial charge in [-0.2, -0.15) is 18.3 Å². The third-order valence-electron chi connectivity index (χ3n) is 3.11. The van der Waals surface area contributed by atoms with Gasteiger partial charge in [0, 0.05) is 5.56 Å². The molecule has 20 heavy (non-hydrogen) atoms. The van der Waals surface area contributed by atoms with Crippen LogP contribution in [0.25, 0.3) is 5.69 Å². The zero-order chi connectivity index (χ0) is 15.1. The van der Waals surface area contributed by atoms with Crippen molar-refractivity contribution in [2.45, 2.75) is 32.9 Å². The number of aromatic nitrogens is 2. The fourth-order valence-electron chi connectivity index (χ4n) is 2.02. The molecule has 0 saturated carbocycles. The zero-order valence-electron chi connectivity index (χ0n) is 11.4. The van der Waals surface area contributed by atoms with Gasteiger partial charge in [0.1, 0.15) is 0 Å². The lowest BCUT2D eigenvalue weighted by Gasteiger charge is -2.08. The molecule has 0 saturated heterocycles. The minimum Gasteiger partial charge on any atom is -0.493 e. The summed E-state index contributed by atoms with van der Waals surface area (Å²) in [6.07, 6.45) is -4.37. The Labute approximate surface area is 114 Å². The number of halogens is 3. The molecule has 0 aliphatic heterocycles. The molecule has 0 bridgehead atoms. The third-order valence-corrected chi connectivity index (χ3v) is 3.11. The molecule has 0 radical (unpaired) electrons. The highest BCUT2D eigenvalue weighted by Gasteiger charge is 2.30. The molecule has 6 heteroatoms. The molecule has 0 aliphatic rings. The first-order chi connectivity index (χ1) is 9.21. The number of benzene rings is 1. The number of hydrogen-bond acceptors (Lipinski definition) is 2. The molecule has 0 aliphatic carbocycles. The molecule has 2 aromatic rings. The van der Waals surface area contributed by atoms with Crippen LogP contribution in [0.4, 0.5) is 13.2 Å². The summed E-state index contributed by atoms with van der Waals surface area (Å²) in [5, 5.41) is 14.3. The van der Waals surface area contributed by atoms with Gasteiger partial charge in [-0.15, -0.1) is 0 Å². The Kier molecular flexibility index (Phi) is 3.50. The van der Waals surface area contributed by atoms with E-state index in [0.29, 0.717) is 11.3 Å². The smallest absolute Gasteiger partial charge is 0.416 e. The maximum Gasteiger partial charge on any atom is 0.416 e. The molecule has 1 N–H and O–H groups in total. The maximum atomic E-state index is 12.5. The van der Waals surface area contributed by atoms with Crippen molar-refractivity contribution >= 4 is 0 Å². The lowest BCUT2D eigenvalue weighted by atomic mass is 10.1. The first-order valence-electron chi connectivity index (χ1n) is 6.18. The van der Waals surface area contributed by atoms with Gasteiger partial charge >= 0.3 is 6.18 Å². The van der Waals surface area contributed by atoms with Crippen LogP contribution < -0.4 is 0 Å². The van der Waals surface area contributed by atoms with E-state index in [-0.39, 0.29) is 11.8 Å². The number of alkyl halides is 3. The fourth-order valence-corrected chi connectivity index (χ4v) is 2.02. The van der Waals surface area contributed by atoms with Crippen LogP contribution in [-0.4, -0.2) is 14.9 Å². The molecule has 1 aromatic carbocycles. The van der Waals surface area contributed by atoms with Crippen molar-refractivity contribution in [2.24, 2.45) is 0 Å². The summed E-state index contributed by atoms with van der Waals surface area (Å²) in [6.45, 7) is 5.61. The average Bonchev–Trinajstić information content (AvgIpc) is 2.66. The summed E-state index contributed by atoms with van der Waals surface area (Å²) < 4.78 is 38.8. The van der Waals surface area contributed by atoms with Crippen molar-refractivity contribution < 1.29 is 18.3 Å². The van der Waals surface area contributed by atoms with Crippen molar-refractivity contribution in [3.63, 3.8) is 0 Å². The minimum atomic E-state index is -4.37. The van der Waals surface area contributed by atoms with E-state index in [4.69, 9.17) is 0 Å². The summed E-state index contributed by atoms with van der Waals surface area (Å²) >= 11 is 0. The van der Waals surface area contributed by atoms with E-state index in [1.165, 1.54) is 16.8 Å². The third kappa shape index (κ3) is 2.50. The van der Waals surface area contributed by atoms with E-state index in [9.17, 15) is 18.3 Å². The van der Waals surface area contributed by atoms with E-state index < -0.39 is 11.7 Å². The largest absolute Gasteiger partial charge is 0.493 e. The van der Waals surface area contributed by atoms with Crippen LogP contribution in [0.15, 0.2) is 24.3 Å². The quantitative estimate of drug-likeness (QED) is 0.904. The van der Waals surface area contributed by atoms with Crippen LogP contribution >= 0.6 is 0 Å². The predicted molar refractivity (Wildman–Crippen MR) is 69.1 cm³/mol. The summed E-state index contributed by atoms with van der Waals surface area (Å²) in [7, 11) is 0. The Morgan fingerprint density at radius 2 is 1.70 bits per heavy atom. The lowest BCUT2D eigenvalue weighted by Crippen LogP contribution is -2.05. The SMILES string of the molecule is Cc1c(C(C)C)nn(-c2ccc(C(F)(F)F)cc2)c1O. The van der Waals surface area contributed by atoms with Gasteiger partial charge in [0.2, 0.25) is 5.88 Å². The molecule has 0 atom stereocenters. The minimum absolute atomic E-state index is 0.0477. The van der Waals surface area contributed by atoms with Gasteiger partial charge in [-0.1, -0.05) is 13.8 Å². The molecular formula is C14H15F3N2O. The van der Waals surface area contributed by atoms with E-state index in [1.54, 1.807) is 6.92 Å². The fraction of sp³-hybridized carbons (Fsp3) is 0.357. The van der Waals surface area contributed by atoms with Crippen molar-refractivity contribution in [3.05, 3.63) is 41.1 Å². The van der Waals surface area contributed by atoms with E-state index in [1.807, 2.05) is 13.8 Å². The van der Waals surface area contributed by atoms with Gasteiger partial charge in [0.05, 0.1) is 16.9 Å². The van der Waals surface area contributed by atoms with Crippen LogP contribution in [-0.2, 0) is 6.18 Å². The van der Waals surface area contributed by atoms with Crippen molar-refractivity contribution in [2.75, 3.05) is 0 Å². The summed E-state index contributed by atoms with van der Waals surface area (Å²) in [4.78, 5) is 0. The van der Waals surface area contributed by atoms with Gasteiger partial charge in [0.15, 0.2) is 0 Å². The molecule has 0 amide bonds. The predicted octanol–water partition coefficient (Wildman–Crippen LogP) is 4.03. The summed E-state index contributed by atoms with van der Waals surface area (Å²) in [5.41, 5.74) is 1.03. The van der Waals surface area contributed by atoms with Crippen LogP contribution in [0.3, 0.4) is 0 Å². The molecule has 1 aromatic heterocycles. The molecular weight excluding hydrogens is 269 g/mol. The van der Waals surface area contributed by atoms with Crippen molar-refractivity contribution in [1.29, 1.82) is 0 Å². The Morgan fingerprint density at radius 3 is 2.10 bits per heavy atom. The van der Waals surface area contributed by atoms with Crippen LogP contribution in [0.5, 0.6) is 5.88 Å². The summed E-state index contributed by atoms with van der Waals surface area (Å²) in [5.74, 6) is 0.0741. The zero-order valence-corrected chi connectivity index (χ0v) is 11.4. The van der Waals surface area contributed by atoms with E-state index in [2.05, 4.69) is 5.10 Å².